The molecular formula is C22H20N2O4S2. The molecule has 1 aliphatic rings. The second kappa shape index (κ2) is 8.49. The van der Waals surface area contributed by atoms with Gasteiger partial charge in [0.25, 0.3) is 0 Å². The molecule has 0 N–H and O–H groups in total. The lowest BCUT2D eigenvalue weighted by atomic mass is 9.90. The van der Waals surface area contributed by atoms with Crippen LogP contribution >= 0.6 is 23.1 Å². The van der Waals surface area contributed by atoms with Gasteiger partial charge < -0.3 is 4.74 Å². The number of ether oxygens (including phenoxy) is 1. The second-order valence-corrected chi connectivity index (χ2v) is 8.69. The zero-order valence-electron chi connectivity index (χ0n) is 16.5. The Balaban J connectivity index is 1.89. The van der Waals surface area contributed by atoms with Crippen LogP contribution in [0.5, 0.6) is 0 Å². The van der Waals surface area contributed by atoms with Gasteiger partial charge in [0.2, 0.25) is 5.91 Å². The van der Waals surface area contributed by atoms with Crippen molar-refractivity contribution in [2.45, 2.75) is 23.8 Å². The number of anilines is 2. The highest BCUT2D eigenvalue weighted by Gasteiger charge is 2.38. The zero-order chi connectivity index (χ0) is 21.3. The van der Waals surface area contributed by atoms with E-state index in [4.69, 9.17) is 4.74 Å². The summed E-state index contributed by atoms with van der Waals surface area (Å²) in [6.07, 6.45) is 2.26. The molecule has 1 aliphatic heterocycles. The van der Waals surface area contributed by atoms with Crippen LogP contribution < -0.4 is 9.77 Å². The standard InChI is InChI=1S/C22H20N2O4S2/c1-28-19(26)13-23-21-20(30-22(23)27)17(14-8-10-16(29-2)11-9-14)12-18(25)24(21)15-6-4-3-5-7-15/h3-11,17H,12-13H2,1-2H3/t17-/m1/s1. The summed E-state index contributed by atoms with van der Waals surface area (Å²) in [5.74, 6) is -0.439. The van der Waals surface area contributed by atoms with E-state index in [0.29, 0.717) is 11.5 Å². The summed E-state index contributed by atoms with van der Waals surface area (Å²) in [7, 11) is 1.28. The van der Waals surface area contributed by atoms with E-state index < -0.39 is 5.97 Å². The van der Waals surface area contributed by atoms with Gasteiger partial charge in [-0.05, 0) is 36.1 Å². The van der Waals surface area contributed by atoms with E-state index in [1.807, 2.05) is 60.9 Å². The Morgan fingerprint density at radius 2 is 1.83 bits per heavy atom. The van der Waals surface area contributed by atoms with Crippen LogP contribution in [0.25, 0.3) is 0 Å². The molecule has 30 heavy (non-hydrogen) atoms. The van der Waals surface area contributed by atoms with E-state index in [1.54, 1.807) is 16.7 Å². The van der Waals surface area contributed by atoms with Crippen LogP contribution in [0.2, 0.25) is 0 Å². The summed E-state index contributed by atoms with van der Waals surface area (Å²) in [6, 6.07) is 17.2. The molecule has 0 unspecified atom stereocenters. The van der Waals surface area contributed by atoms with Gasteiger partial charge in [-0.3, -0.25) is 23.9 Å². The number of nitrogens with zero attached hydrogens (tertiary/aromatic N) is 2. The summed E-state index contributed by atoms with van der Waals surface area (Å²) in [5.41, 5.74) is 1.64. The number of hydrogen-bond donors (Lipinski definition) is 0. The molecule has 0 aliphatic carbocycles. The van der Waals surface area contributed by atoms with Crippen molar-refractivity contribution in [3.05, 3.63) is 74.7 Å². The van der Waals surface area contributed by atoms with E-state index in [0.717, 1.165) is 26.7 Å². The minimum Gasteiger partial charge on any atom is -0.468 e. The van der Waals surface area contributed by atoms with Gasteiger partial charge in [0, 0.05) is 17.2 Å². The van der Waals surface area contributed by atoms with Crippen LogP contribution in [-0.4, -0.2) is 29.8 Å². The number of methoxy groups -OCH3 is 1. The van der Waals surface area contributed by atoms with E-state index in [2.05, 4.69) is 0 Å². The minimum atomic E-state index is -0.537. The van der Waals surface area contributed by atoms with Crippen LogP contribution in [0.4, 0.5) is 11.5 Å². The van der Waals surface area contributed by atoms with Crippen molar-refractivity contribution in [2.75, 3.05) is 18.3 Å². The molecule has 0 bridgehead atoms. The van der Waals surface area contributed by atoms with E-state index in [1.165, 1.54) is 11.7 Å². The number of carbonyl (C=O) groups is 2. The number of para-hydroxylation sites is 1. The molecular weight excluding hydrogens is 420 g/mol. The second-order valence-electron chi connectivity index (χ2n) is 6.81. The van der Waals surface area contributed by atoms with Gasteiger partial charge in [-0.1, -0.05) is 41.7 Å². The molecule has 2 aromatic carbocycles. The van der Waals surface area contributed by atoms with Gasteiger partial charge in [-0.25, -0.2) is 0 Å². The number of amides is 1. The van der Waals surface area contributed by atoms with Gasteiger partial charge >= 0.3 is 10.8 Å². The average Bonchev–Trinajstić information content (AvgIpc) is 3.09. The molecule has 2 heterocycles. The quantitative estimate of drug-likeness (QED) is 0.443. The number of thiazole rings is 1. The molecule has 6 nitrogen and oxygen atoms in total. The molecule has 0 spiro atoms. The van der Waals surface area contributed by atoms with Crippen molar-refractivity contribution >= 4 is 46.5 Å². The predicted molar refractivity (Wildman–Crippen MR) is 119 cm³/mol. The fourth-order valence-corrected chi connectivity index (χ4v) is 5.14. The van der Waals surface area contributed by atoms with Crippen LogP contribution in [-0.2, 0) is 20.9 Å². The Labute approximate surface area is 182 Å². The number of fused-ring (bicyclic) bond motifs is 1. The Morgan fingerprint density at radius 3 is 2.47 bits per heavy atom. The summed E-state index contributed by atoms with van der Waals surface area (Å²) >= 11 is 2.73. The topological polar surface area (TPSA) is 68.6 Å². The highest BCUT2D eigenvalue weighted by Crippen LogP contribution is 2.44. The van der Waals surface area contributed by atoms with Crippen LogP contribution in [0.1, 0.15) is 22.8 Å². The molecule has 1 amide bonds. The summed E-state index contributed by atoms with van der Waals surface area (Å²) in [5, 5.41) is 0. The number of thioether (sulfide) groups is 1. The number of aromatic nitrogens is 1. The van der Waals surface area contributed by atoms with E-state index in [-0.39, 0.29) is 29.7 Å². The molecule has 1 atom stereocenters. The molecule has 0 radical (unpaired) electrons. The monoisotopic (exact) mass is 440 g/mol. The first-order valence-corrected chi connectivity index (χ1v) is 11.4. The van der Waals surface area contributed by atoms with Crippen LogP contribution in [0.15, 0.2) is 64.3 Å². The number of carbonyl (C=O) groups excluding carboxylic acids is 2. The summed E-state index contributed by atoms with van der Waals surface area (Å²) in [6.45, 7) is -0.240. The Hall–Kier alpha value is -2.84. The maximum atomic E-state index is 13.3. The molecule has 0 fully saturated rings. The van der Waals surface area contributed by atoms with Crippen molar-refractivity contribution in [1.82, 2.24) is 4.57 Å². The maximum absolute atomic E-state index is 13.3. The van der Waals surface area contributed by atoms with Crippen molar-refractivity contribution < 1.29 is 14.3 Å². The largest absolute Gasteiger partial charge is 0.468 e. The first-order chi connectivity index (χ1) is 14.5. The summed E-state index contributed by atoms with van der Waals surface area (Å²) < 4.78 is 6.12. The third kappa shape index (κ3) is 3.68. The van der Waals surface area contributed by atoms with Gasteiger partial charge in [-0.15, -0.1) is 11.8 Å². The van der Waals surface area contributed by atoms with Gasteiger partial charge in [0.1, 0.15) is 12.4 Å². The van der Waals surface area contributed by atoms with Crippen LogP contribution in [0, 0.1) is 0 Å². The van der Waals surface area contributed by atoms with Gasteiger partial charge in [-0.2, -0.15) is 0 Å². The van der Waals surface area contributed by atoms with Crippen molar-refractivity contribution in [2.24, 2.45) is 0 Å². The highest BCUT2D eigenvalue weighted by molar-refractivity contribution is 7.98. The third-order valence-electron chi connectivity index (χ3n) is 5.10. The van der Waals surface area contributed by atoms with Crippen molar-refractivity contribution in [1.29, 1.82) is 0 Å². The zero-order valence-corrected chi connectivity index (χ0v) is 18.2. The lowest BCUT2D eigenvalue weighted by Crippen LogP contribution is -2.36. The average molecular weight is 441 g/mol. The lowest BCUT2D eigenvalue weighted by Gasteiger charge is -2.32. The van der Waals surface area contributed by atoms with Gasteiger partial charge in [0.05, 0.1) is 17.7 Å². The maximum Gasteiger partial charge on any atom is 0.325 e. The molecule has 1 aromatic heterocycles. The normalized spacial score (nSPS) is 15.7. The minimum absolute atomic E-state index is 0.121. The van der Waals surface area contributed by atoms with E-state index >= 15 is 0 Å². The fourth-order valence-electron chi connectivity index (χ4n) is 3.63. The third-order valence-corrected chi connectivity index (χ3v) is 6.92. The van der Waals surface area contributed by atoms with Crippen molar-refractivity contribution in [3.8, 4) is 0 Å². The molecule has 0 saturated heterocycles. The molecule has 4 rings (SSSR count). The number of esters is 1. The molecule has 8 heteroatoms. The smallest absolute Gasteiger partial charge is 0.325 e. The first kappa shape index (κ1) is 20.4. The number of hydrogen-bond acceptors (Lipinski definition) is 6. The number of benzene rings is 2. The first-order valence-electron chi connectivity index (χ1n) is 9.35. The Morgan fingerprint density at radius 1 is 1.13 bits per heavy atom. The molecule has 0 saturated carbocycles. The fraction of sp³-hybridized carbons (Fsp3) is 0.227. The van der Waals surface area contributed by atoms with Crippen LogP contribution in [0.3, 0.4) is 0 Å². The lowest BCUT2D eigenvalue weighted by molar-refractivity contribution is -0.141. The predicted octanol–water partition coefficient (Wildman–Crippen LogP) is 4.01. The molecule has 154 valence electrons. The molecule has 3 aromatic rings. The van der Waals surface area contributed by atoms with E-state index in [9.17, 15) is 14.4 Å². The van der Waals surface area contributed by atoms with Gasteiger partial charge in [0.15, 0.2) is 0 Å². The highest BCUT2D eigenvalue weighted by atomic mass is 32.2. The number of rotatable bonds is 5. The Kier molecular flexibility index (Phi) is 5.78. The summed E-state index contributed by atoms with van der Waals surface area (Å²) in [4.78, 5) is 41.3. The SMILES string of the molecule is COC(=O)Cn1c2c(sc1=O)[C@@H](c1ccc(SC)cc1)CC(=O)N2c1ccccc1. The van der Waals surface area contributed by atoms with Crippen molar-refractivity contribution in [3.63, 3.8) is 0 Å². The Bertz CT molecular complexity index is 1140.